The third kappa shape index (κ3) is 3.75. The third-order valence-electron chi connectivity index (χ3n) is 3.69. The molecule has 3 N–H and O–H groups in total. The molecule has 0 spiro atoms. The average molecular weight is 353 g/mol. The van der Waals surface area contributed by atoms with Crippen LogP contribution in [0.4, 0.5) is 0 Å². The Labute approximate surface area is 150 Å². The molecule has 0 atom stereocenters. The molecule has 0 aliphatic carbocycles. The van der Waals surface area contributed by atoms with Crippen LogP contribution in [0.1, 0.15) is 23.0 Å². The molecule has 1 amide bonds. The number of hydrazone groups is 1. The summed E-state index contributed by atoms with van der Waals surface area (Å²) in [6.07, 6.45) is 3.37. The first-order valence-corrected chi connectivity index (χ1v) is 8.05. The predicted molar refractivity (Wildman–Crippen MR) is 97.3 cm³/mol. The number of nitrogens with zero attached hydrogens (tertiary/aromatic N) is 3. The van der Waals surface area contributed by atoms with Crippen LogP contribution in [-0.4, -0.2) is 38.6 Å². The number of carbonyl (C=O) groups is 1. The molecule has 0 aliphatic heterocycles. The van der Waals surface area contributed by atoms with Gasteiger partial charge in [-0.25, -0.2) is 5.43 Å². The van der Waals surface area contributed by atoms with Gasteiger partial charge in [0.25, 0.3) is 5.91 Å². The van der Waals surface area contributed by atoms with Crippen LogP contribution in [0.5, 0.6) is 11.5 Å². The van der Waals surface area contributed by atoms with E-state index in [4.69, 9.17) is 4.74 Å². The van der Waals surface area contributed by atoms with Gasteiger partial charge in [-0.15, -0.1) is 0 Å². The molecular formula is C18H19N5O3. The van der Waals surface area contributed by atoms with Gasteiger partial charge in [0.05, 0.1) is 18.5 Å². The van der Waals surface area contributed by atoms with Crippen LogP contribution in [-0.2, 0) is 7.05 Å². The molecule has 0 aliphatic rings. The number of H-pyrrole nitrogens is 1. The van der Waals surface area contributed by atoms with Gasteiger partial charge >= 0.3 is 0 Å². The summed E-state index contributed by atoms with van der Waals surface area (Å²) < 4.78 is 7.22. The Morgan fingerprint density at radius 1 is 1.42 bits per heavy atom. The fraction of sp³-hybridized carbons (Fsp3) is 0.167. The summed E-state index contributed by atoms with van der Waals surface area (Å²) in [5.41, 5.74) is 4.99. The molecule has 0 unspecified atom stereocenters. The number of phenolic OH excluding ortho intramolecular Hbond substituents is 1. The molecule has 26 heavy (non-hydrogen) atoms. The second-order valence-corrected chi connectivity index (χ2v) is 5.53. The smallest absolute Gasteiger partial charge is 0.289 e. The van der Waals surface area contributed by atoms with Gasteiger partial charge in [-0.3, -0.25) is 9.89 Å². The Morgan fingerprint density at radius 2 is 2.27 bits per heavy atom. The normalized spacial score (nSPS) is 11.0. The van der Waals surface area contributed by atoms with Crippen LogP contribution in [0.2, 0.25) is 0 Å². The van der Waals surface area contributed by atoms with E-state index in [1.807, 2.05) is 36.9 Å². The van der Waals surface area contributed by atoms with Gasteiger partial charge in [0.1, 0.15) is 11.4 Å². The summed E-state index contributed by atoms with van der Waals surface area (Å²) in [5, 5.41) is 20.4. The SMILES string of the molecule is CCOc1cc(/C=N/NC(=O)c2cc(-c3cccn3C)n[nH]2)ccc1O. The number of hydrogen-bond donors (Lipinski definition) is 3. The van der Waals surface area contributed by atoms with Crippen molar-refractivity contribution in [1.29, 1.82) is 0 Å². The number of phenols is 1. The number of aromatic amines is 1. The van der Waals surface area contributed by atoms with Gasteiger partial charge in [0.2, 0.25) is 0 Å². The van der Waals surface area contributed by atoms with Crippen LogP contribution in [0.15, 0.2) is 47.7 Å². The zero-order valence-electron chi connectivity index (χ0n) is 14.4. The lowest BCUT2D eigenvalue weighted by molar-refractivity contribution is 0.0950. The van der Waals surface area contributed by atoms with Crippen molar-refractivity contribution in [2.75, 3.05) is 6.61 Å². The van der Waals surface area contributed by atoms with E-state index in [1.165, 1.54) is 12.3 Å². The van der Waals surface area contributed by atoms with Crippen molar-refractivity contribution in [3.63, 3.8) is 0 Å². The fourth-order valence-corrected chi connectivity index (χ4v) is 2.40. The van der Waals surface area contributed by atoms with Crippen LogP contribution in [0.25, 0.3) is 11.4 Å². The standard InChI is InChI=1S/C18H19N5O3/c1-3-26-17-9-12(6-7-16(17)24)11-19-22-18(25)14-10-13(20-21-14)15-5-4-8-23(15)2/h4-11,24H,3H2,1-2H3,(H,20,21)(H,22,25)/b19-11+. The molecule has 8 nitrogen and oxygen atoms in total. The van der Waals surface area contributed by atoms with Crippen molar-refractivity contribution >= 4 is 12.1 Å². The number of carbonyl (C=O) groups excluding carboxylic acids is 1. The Balaban J connectivity index is 1.66. The number of aromatic nitrogens is 3. The Hall–Kier alpha value is -3.55. The number of benzene rings is 1. The quantitative estimate of drug-likeness (QED) is 0.467. The number of nitrogens with one attached hydrogen (secondary N) is 2. The van der Waals surface area contributed by atoms with E-state index >= 15 is 0 Å². The number of aryl methyl sites for hydroxylation is 1. The lowest BCUT2D eigenvalue weighted by Crippen LogP contribution is -2.18. The van der Waals surface area contributed by atoms with E-state index in [0.717, 1.165) is 5.69 Å². The molecular weight excluding hydrogens is 334 g/mol. The Morgan fingerprint density at radius 3 is 3.00 bits per heavy atom. The minimum absolute atomic E-state index is 0.0544. The van der Waals surface area contributed by atoms with E-state index in [0.29, 0.717) is 29.3 Å². The van der Waals surface area contributed by atoms with Gasteiger partial charge in [0, 0.05) is 13.2 Å². The number of aromatic hydroxyl groups is 1. The maximum atomic E-state index is 12.2. The summed E-state index contributed by atoms with van der Waals surface area (Å²) in [5.74, 6) is 0.0141. The highest BCUT2D eigenvalue weighted by molar-refractivity contribution is 5.94. The molecule has 0 bridgehead atoms. The van der Waals surface area contributed by atoms with E-state index < -0.39 is 5.91 Å². The van der Waals surface area contributed by atoms with Crippen LogP contribution >= 0.6 is 0 Å². The number of amides is 1. The molecule has 1 aromatic carbocycles. The van der Waals surface area contributed by atoms with Gasteiger partial charge < -0.3 is 14.4 Å². The summed E-state index contributed by atoms with van der Waals surface area (Å²) in [6.45, 7) is 2.27. The maximum absolute atomic E-state index is 12.2. The second-order valence-electron chi connectivity index (χ2n) is 5.53. The first kappa shape index (κ1) is 17.3. The van der Waals surface area contributed by atoms with Gasteiger partial charge in [0.15, 0.2) is 11.5 Å². The number of ether oxygens (including phenoxy) is 1. The molecule has 2 aromatic heterocycles. The van der Waals surface area contributed by atoms with Crippen LogP contribution in [0.3, 0.4) is 0 Å². The molecule has 0 fully saturated rings. The van der Waals surface area contributed by atoms with Crippen LogP contribution < -0.4 is 10.2 Å². The van der Waals surface area contributed by atoms with Gasteiger partial charge in [-0.2, -0.15) is 10.2 Å². The highest BCUT2D eigenvalue weighted by Crippen LogP contribution is 2.26. The minimum atomic E-state index is -0.405. The molecule has 134 valence electrons. The largest absolute Gasteiger partial charge is 0.504 e. The van der Waals surface area contributed by atoms with Crippen molar-refractivity contribution in [3.8, 4) is 22.9 Å². The lowest BCUT2D eigenvalue weighted by Gasteiger charge is -2.05. The molecule has 3 rings (SSSR count). The zero-order chi connectivity index (χ0) is 18.5. The van der Waals surface area contributed by atoms with Crippen molar-refractivity contribution in [2.24, 2.45) is 12.1 Å². The van der Waals surface area contributed by atoms with Crippen molar-refractivity contribution in [3.05, 3.63) is 53.9 Å². The van der Waals surface area contributed by atoms with Gasteiger partial charge in [-0.05, 0) is 48.9 Å². The summed E-state index contributed by atoms with van der Waals surface area (Å²) in [4.78, 5) is 12.2. The highest BCUT2D eigenvalue weighted by Gasteiger charge is 2.11. The predicted octanol–water partition coefficient (Wildman–Crippen LogP) is 2.28. The zero-order valence-corrected chi connectivity index (χ0v) is 14.4. The number of rotatable bonds is 6. The van der Waals surface area contributed by atoms with Gasteiger partial charge in [-0.1, -0.05) is 0 Å². The molecule has 0 saturated carbocycles. The lowest BCUT2D eigenvalue weighted by atomic mass is 10.2. The van der Waals surface area contributed by atoms with Crippen molar-refractivity contribution in [2.45, 2.75) is 6.92 Å². The number of hydrogen-bond acceptors (Lipinski definition) is 5. The molecule has 0 saturated heterocycles. The van der Waals surface area contributed by atoms with Crippen molar-refractivity contribution in [1.82, 2.24) is 20.2 Å². The van der Waals surface area contributed by atoms with E-state index in [-0.39, 0.29) is 5.75 Å². The Kier molecular flexibility index (Phi) is 5.02. The van der Waals surface area contributed by atoms with Crippen molar-refractivity contribution < 1.29 is 14.6 Å². The van der Waals surface area contributed by atoms with E-state index in [9.17, 15) is 9.90 Å². The highest BCUT2D eigenvalue weighted by atomic mass is 16.5. The fourth-order valence-electron chi connectivity index (χ4n) is 2.40. The minimum Gasteiger partial charge on any atom is -0.504 e. The first-order chi connectivity index (χ1) is 12.6. The third-order valence-corrected chi connectivity index (χ3v) is 3.69. The topological polar surface area (TPSA) is 105 Å². The molecule has 8 heteroatoms. The summed E-state index contributed by atoms with van der Waals surface area (Å²) in [6, 6.07) is 10.3. The van der Waals surface area contributed by atoms with E-state index in [2.05, 4.69) is 20.7 Å². The molecule has 0 radical (unpaired) electrons. The molecule has 3 aromatic rings. The first-order valence-electron chi connectivity index (χ1n) is 8.05. The maximum Gasteiger partial charge on any atom is 0.289 e. The monoisotopic (exact) mass is 353 g/mol. The van der Waals surface area contributed by atoms with E-state index in [1.54, 1.807) is 18.2 Å². The second kappa shape index (κ2) is 7.56. The Bertz CT molecular complexity index is 942. The molecule has 2 heterocycles. The summed E-state index contributed by atoms with van der Waals surface area (Å²) in [7, 11) is 1.90. The average Bonchev–Trinajstić information content (AvgIpc) is 3.26. The summed E-state index contributed by atoms with van der Waals surface area (Å²) >= 11 is 0. The van der Waals surface area contributed by atoms with Crippen LogP contribution in [0, 0.1) is 0 Å².